The van der Waals surface area contributed by atoms with Gasteiger partial charge < -0.3 is 0 Å². The zero-order valence-corrected chi connectivity index (χ0v) is 12.7. The van der Waals surface area contributed by atoms with Gasteiger partial charge in [0.2, 0.25) is 0 Å². The van der Waals surface area contributed by atoms with E-state index in [4.69, 9.17) is 0 Å². The molecule has 0 atom stereocenters. The van der Waals surface area contributed by atoms with Gasteiger partial charge in [-0.3, -0.25) is 9.36 Å². The van der Waals surface area contributed by atoms with Crippen LogP contribution in [0, 0.1) is 6.92 Å². The van der Waals surface area contributed by atoms with E-state index in [9.17, 15) is 13.2 Å². The van der Waals surface area contributed by atoms with Crippen LogP contribution in [0.15, 0.2) is 42.7 Å². The molecule has 0 amide bonds. The topological polar surface area (TPSA) is 35.6 Å². The average molecular weight is 320 g/mol. The largest absolute Gasteiger partial charge is 0.416 e. The van der Waals surface area contributed by atoms with Crippen LogP contribution in [0.3, 0.4) is 0 Å². The first-order valence-corrected chi connectivity index (χ1v) is 7.02. The first-order valence-electron chi connectivity index (χ1n) is 7.02. The van der Waals surface area contributed by atoms with Crippen LogP contribution >= 0.6 is 0 Å². The fourth-order valence-corrected chi connectivity index (χ4v) is 2.45. The van der Waals surface area contributed by atoms with Gasteiger partial charge in [-0.05, 0) is 30.7 Å². The van der Waals surface area contributed by atoms with E-state index in [0.29, 0.717) is 17.7 Å². The monoisotopic (exact) mass is 320 g/mol. The van der Waals surface area contributed by atoms with Crippen LogP contribution < -0.4 is 0 Å². The number of benzene rings is 1. The van der Waals surface area contributed by atoms with Gasteiger partial charge in [-0.15, -0.1) is 0 Å². The van der Waals surface area contributed by atoms with Crippen molar-refractivity contribution in [3.8, 4) is 11.1 Å². The van der Waals surface area contributed by atoms with Crippen LogP contribution in [0.5, 0.6) is 0 Å². The van der Waals surface area contributed by atoms with Crippen molar-refractivity contribution in [2.45, 2.75) is 19.6 Å². The molecule has 0 aliphatic heterocycles. The molecule has 3 rings (SSSR count). The highest BCUT2D eigenvalue weighted by molar-refractivity contribution is 5.62. The van der Waals surface area contributed by atoms with E-state index < -0.39 is 11.7 Å². The van der Waals surface area contributed by atoms with Gasteiger partial charge in [-0.25, -0.2) is 0 Å². The van der Waals surface area contributed by atoms with Gasteiger partial charge >= 0.3 is 6.18 Å². The van der Waals surface area contributed by atoms with Crippen LogP contribution in [-0.2, 0) is 19.8 Å². The Labute approximate surface area is 131 Å². The Morgan fingerprint density at radius 1 is 1.13 bits per heavy atom. The summed E-state index contributed by atoms with van der Waals surface area (Å²) in [4.78, 5) is 0. The summed E-state index contributed by atoms with van der Waals surface area (Å²) >= 11 is 0. The molecule has 0 saturated carbocycles. The number of halogens is 3. The maximum absolute atomic E-state index is 12.8. The van der Waals surface area contributed by atoms with Crippen LogP contribution in [0.25, 0.3) is 11.1 Å². The van der Waals surface area contributed by atoms with Crippen molar-refractivity contribution >= 4 is 0 Å². The lowest BCUT2D eigenvalue weighted by molar-refractivity contribution is -0.137. The third kappa shape index (κ3) is 3.28. The van der Waals surface area contributed by atoms with E-state index in [-0.39, 0.29) is 0 Å². The van der Waals surface area contributed by atoms with Gasteiger partial charge in [0.05, 0.1) is 29.7 Å². The normalized spacial score (nSPS) is 11.9. The number of hydrogen-bond acceptors (Lipinski definition) is 2. The minimum atomic E-state index is -4.35. The molecular formula is C16H15F3N4. The number of aromatic nitrogens is 4. The molecule has 2 aromatic heterocycles. The third-order valence-corrected chi connectivity index (χ3v) is 3.58. The molecule has 1 aromatic carbocycles. The summed E-state index contributed by atoms with van der Waals surface area (Å²) in [5.41, 5.74) is 2.36. The predicted molar refractivity (Wildman–Crippen MR) is 79.7 cm³/mol. The molecule has 0 spiro atoms. The molecule has 2 heterocycles. The van der Waals surface area contributed by atoms with Gasteiger partial charge in [0.25, 0.3) is 0 Å². The molecular weight excluding hydrogens is 305 g/mol. The van der Waals surface area contributed by atoms with E-state index in [1.165, 1.54) is 6.07 Å². The third-order valence-electron chi connectivity index (χ3n) is 3.58. The summed E-state index contributed by atoms with van der Waals surface area (Å²) in [5.74, 6) is 0. The molecule has 0 fully saturated rings. The van der Waals surface area contributed by atoms with Crippen molar-refractivity contribution < 1.29 is 13.2 Å². The standard InChI is InChI=1S/C16H15F3N4/c1-11-6-15(22(2)21-11)10-23-9-13(8-20-23)12-4-3-5-14(7-12)16(17,18)19/h3-9H,10H2,1-2H3. The van der Waals surface area contributed by atoms with Crippen molar-refractivity contribution in [2.24, 2.45) is 7.05 Å². The number of nitrogens with zero attached hydrogens (tertiary/aromatic N) is 4. The van der Waals surface area contributed by atoms with E-state index in [0.717, 1.165) is 23.5 Å². The Morgan fingerprint density at radius 2 is 1.91 bits per heavy atom. The van der Waals surface area contributed by atoms with Crippen LogP contribution in [-0.4, -0.2) is 19.6 Å². The minimum Gasteiger partial charge on any atom is -0.270 e. The van der Waals surface area contributed by atoms with Crippen molar-refractivity contribution in [3.63, 3.8) is 0 Å². The smallest absolute Gasteiger partial charge is 0.270 e. The second-order valence-electron chi connectivity index (χ2n) is 5.41. The lowest BCUT2D eigenvalue weighted by Crippen LogP contribution is -2.05. The summed E-state index contributed by atoms with van der Waals surface area (Å²) in [6, 6.07) is 7.19. The summed E-state index contributed by atoms with van der Waals surface area (Å²) < 4.78 is 41.8. The summed E-state index contributed by atoms with van der Waals surface area (Å²) in [7, 11) is 1.85. The molecule has 0 radical (unpaired) electrons. The SMILES string of the molecule is Cc1cc(Cn2cc(-c3cccc(C(F)(F)F)c3)cn2)n(C)n1. The zero-order chi connectivity index (χ0) is 16.6. The Morgan fingerprint density at radius 3 is 2.57 bits per heavy atom. The summed E-state index contributed by atoms with van der Waals surface area (Å²) in [6.07, 6.45) is -1.05. The highest BCUT2D eigenvalue weighted by Crippen LogP contribution is 2.32. The maximum Gasteiger partial charge on any atom is 0.416 e. The van der Waals surface area contributed by atoms with E-state index in [1.807, 2.05) is 20.0 Å². The number of alkyl halides is 3. The molecule has 0 bridgehead atoms. The van der Waals surface area contributed by atoms with Crippen molar-refractivity contribution in [1.29, 1.82) is 0 Å². The fraction of sp³-hybridized carbons (Fsp3) is 0.250. The van der Waals surface area contributed by atoms with Crippen molar-refractivity contribution in [1.82, 2.24) is 19.6 Å². The van der Waals surface area contributed by atoms with E-state index >= 15 is 0 Å². The number of rotatable bonds is 3. The maximum atomic E-state index is 12.8. The Kier molecular flexibility index (Phi) is 3.71. The quantitative estimate of drug-likeness (QED) is 0.738. The van der Waals surface area contributed by atoms with Gasteiger partial charge in [0.15, 0.2) is 0 Å². The summed E-state index contributed by atoms with van der Waals surface area (Å²) in [5, 5.41) is 8.49. The first kappa shape index (κ1) is 15.3. The Bertz CT molecular complexity index is 830. The molecule has 23 heavy (non-hydrogen) atoms. The lowest BCUT2D eigenvalue weighted by Gasteiger charge is -2.07. The van der Waals surface area contributed by atoms with Gasteiger partial charge in [-0.1, -0.05) is 12.1 Å². The fourth-order valence-electron chi connectivity index (χ4n) is 2.45. The van der Waals surface area contributed by atoms with Crippen LogP contribution in [0.4, 0.5) is 13.2 Å². The van der Waals surface area contributed by atoms with Crippen LogP contribution in [0.2, 0.25) is 0 Å². The first-order chi connectivity index (χ1) is 10.8. The van der Waals surface area contributed by atoms with Crippen molar-refractivity contribution in [2.75, 3.05) is 0 Å². The predicted octanol–water partition coefficient (Wildman–Crippen LogP) is 3.66. The summed E-state index contributed by atoms with van der Waals surface area (Å²) in [6.45, 7) is 2.41. The highest BCUT2D eigenvalue weighted by Gasteiger charge is 2.30. The lowest BCUT2D eigenvalue weighted by atomic mass is 10.1. The molecule has 3 aromatic rings. The minimum absolute atomic E-state index is 0.493. The number of hydrogen-bond donors (Lipinski definition) is 0. The Balaban J connectivity index is 1.86. The van der Waals surface area contributed by atoms with Gasteiger partial charge in [0, 0.05) is 18.8 Å². The molecule has 4 nitrogen and oxygen atoms in total. The van der Waals surface area contributed by atoms with Crippen molar-refractivity contribution in [3.05, 3.63) is 59.7 Å². The molecule has 0 unspecified atom stereocenters. The molecule has 120 valence electrons. The molecule has 0 aliphatic carbocycles. The van der Waals surface area contributed by atoms with Crippen LogP contribution in [0.1, 0.15) is 17.0 Å². The average Bonchev–Trinajstić information content (AvgIpc) is 3.06. The van der Waals surface area contributed by atoms with Gasteiger partial charge in [0.1, 0.15) is 0 Å². The molecule has 7 heteroatoms. The van der Waals surface area contributed by atoms with Gasteiger partial charge in [-0.2, -0.15) is 23.4 Å². The number of aryl methyl sites for hydroxylation is 2. The van der Waals surface area contributed by atoms with E-state index in [1.54, 1.807) is 27.8 Å². The molecule has 0 aliphatic rings. The Hall–Kier alpha value is -2.57. The second kappa shape index (κ2) is 5.57. The second-order valence-corrected chi connectivity index (χ2v) is 5.41. The molecule has 0 saturated heterocycles. The zero-order valence-electron chi connectivity index (χ0n) is 12.7. The van der Waals surface area contributed by atoms with E-state index in [2.05, 4.69) is 10.2 Å². The highest BCUT2D eigenvalue weighted by atomic mass is 19.4. The molecule has 0 N–H and O–H groups in total.